The minimum atomic E-state index is 0.357. The maximum atomic E-state index is 4.43. The summed E-state index contributed by atoms with van der Waals surface area (Å²) >= 11 is 5.23. The normalized spacial score (nSPS) is 12.4. The van der Waals surface area contributed by atoms with Crippen LogP contribution in [0.4, 0.5) is 0 Å². The lowest BCUT2D eigenvalue weighted by atomic mass is 10.1. The number of aryl methyl sites for hydroxylation is 1. The van der Waals surface area contributed by atoms with Crippen molar-refractivity contribution in [3.05, 3.63) is 46.2 Å². The zero-order valence-electron chi connectivity index (χ0n) is 12.6. The molecule has 0 fully saturated rings. The molecule has 2 aromatic rings. The molecule has 5 heteroatoms. The summed E-state index contributed by atoms with van der Waals surface area (Å²) in [7, 11) is 0. The molecule has 0 aliphatic rings. The van der Waals surface area contributed by atoms with Gasteiger partial charge in [0.15, 0.2) is 5.16 Å². The fourth-order valence-corrected chi connectivity index (χ4v) is 3.35. The molecule has 0 aliphatic carbocycles. The molecule has 3 nitrogen and oxygen atoms in total. The highest BCUT2D eigenvalue weighted by Crippen LogP contribution is 2.33. The van der Waals surface area contributed by atoms with E-state index in [0.29, 0.717) is 6.04 Å². The van der Waals surface area contributed by atoms with E-state index in [1.807, 2.05) is 13.0 Å². The lowest BCUT2D eigenvalue weighted by Crippen LogP contribution is -2.19. The summed E-state index contributed by atoms with van der Waals surface area (Å²) in [6.07, 6.45) is 2.94. The Bertz CT molecular complexity index is 604. The fraction of sp³-hybridized carbons (Fsp3) is 0.375. The van der Waals surface area contributed by atoms with Crippen molar-refractivity contribution in [3.63, 3.8) is 0 Å². The van der Waals surface area contributed by atoms with Crippen LogP contribution in [0.2, 0.25) is 0 Å². The number of halogens is 1. The second-order valence-corrected chi connectivity index (χ2v) is 6.81. The van der Waals surface area contributed by atoms with Crippen molar-refractivity contribution in [3.8, 4) is 0 Å². The Morgan fingerprint density at radius 1 is 1.33 bits per heavy atom. The minimum Gasteiger partial charge on any atom is -0.310 e. The van der Waals surface area contributed by atoms with Crippen LogP contribution >= 0.6 is 27.7 Å². The number of rotatable bonds is 6. The number of hydrogen-bond acceptors (Lipinski definition) is 4. The topological polar surface area (TPSA) is 37.8 Å². The Balaban J connectivity index is 2.12. The van der Waals surface area contributed by atoms with Crippen molar-refractivity contribution in [1.82, 2.24) is 15.3 Å². The predicted octanol–water partition coefficient (Wildman–Crippen LogP) is 4.76. The molecule has 1 atom stereocenters. The summed E-state index contributed by atoms with van der Waals surface area (Å²) in [4.78, 5) is 9.85. The first-order valence-electron chi connectivity index (χ1n) is 7.10. The molecule has 0 amide bonds. The maximum absolute atomic E-state index is 4.43. The molecule has 1 N–H and O–H groups in total. The van der Waals surface area contributed by atoms with E-state index in [9.17, 15) is 0 Å². The fourth-order valence-electron chi connectivity index (χ4n) is 1.92. The highest BCUT2D eigenvalue weighted by Gasteiger charge is 2.09. The van der Waals surface area contributed by atoms with Crippen LogP contribution in [0.25, 0.3) is 0 Å². The van der Waals surface area contributed by atoms with Gasteiger partial charge in [0, 0.05) is 27.3 Å². The van der Waals surface area contributed by atoms with E-state index in [1.165, 1.54) is 5.56 Å². The van der Waals surface area contributed by atoms with Gasteiger partial charge >= 0.3 is 0 Å². The average Bonchev–Trinajstić information content (AvgIpc) is 2.47. The monoisotopic (exact) mass is 365 g/mol. The van der Waals surface area contributed by atoms with Crippen LogP contribution in [-0.4, -0.2) is 16.5 Å². The molecule has 2 rings (SSSR count). The van der Waals surface area contributed by atoms with Gasteiger partial charge in [0.2, 0.25) is 0 Å². The van der Waals surface area contributed by atoms with Gasteiger partial charge in [0.05, 0.1) is 0 Å². The van der Waals surface area contributed by atoms with Gasteiger partial charge in [0.1, 0.15) is 0 Å². The molecule has 1 aromatic carbocycles. The first-order chi connectivity index (χ1) is 10.1. The molecule has 1 heterocycles. The molecule has 0 bridgehead atoms. The van der Waals surface area contributed by atoms with E-state index >= 15 is 0 Å². The molecular formula is C16H20BrN3S. The van der Waals surface area contributed by atoms with Crippen LogP contribution in [0.3, 0.4) is 0 Å². The number of hydrogen-bond donors (Lipinski definition) is 1. The third-order valence-electron chi connectivity index (χ3n) is 3.13. The van der Waals surface area contributed by atoms with Crippen LogP contribution in [0.15, 0.2) is 45.0 Å². The van der Waals surface area contributed by atoms with Gasteiger partial charge in [0.25, 0.3) is 0 Å². The van der Waals surface area contributed by atoms with Gasteiger partial charge in [-0.1, -0.05) is 13.0 Å². The van der Waals surface area contributed by atoms with E-state index in [1.54, 1.807) is 18.0 Å². The summed E-state index contributed by atoms with van der Waals surface area (Å²) < 4.78 is 1.08. The molecule has 1 unspecified atom stereocenters. The zero-order chi connectivity index (χ0) is 15.2. The highest BCUT2D eigenvalue weighted by molar-refractivity contribution is 9.10. The van der Waals surface area contributed by atoms with Crippen molar-refractivity contribution < 1.29 is 0 Å². The van der Waals surface area contributed by atoms with Gasteiger partial charge in [-0.15, -0.1) is 0 Å². The maximum Gasteiger partial charge on any atom is 0.192 e. The molecule has 0 aliphatic heterocycles. The standard InChI is InChI=1S/C16H20BrN3S/c1-4-8-18-12(3)13-5-6-15(14(17)10-13)21-16-19-9-7-11(2)20-16/h5-7,9-10,12,18H,4,8H2,1-3H3. The van der Waals surface area contributed by atoms with Gasteiger partial charge in [-0.05, 0) is 78.3 Å². The van der Waals surface area contributed by atoms with Gasteiger partial charge in [-0.25, -0.2) is 9.97 Å². The third-order valence-corrected chi connectivity index (χ3v) is 5.00. The van der Waals surface area contributed by atoms with Crippen molar-refractivity contribution in [2.45, 2.75) is 43.3 Å². The van der Waals surface area contributed by atoms with Gasteiger partial charge in [-0.2, -0.15) is 0 Å². The smallest absolute Gasteiger partial charge is 0.192 e. The molecule has 21 heavy (non-hydrogen) atoms. The second-order valence-electron chi connectivity index (χ2n) is 4.95. The zero-order valence-corrected chi connectivity index (χ0v) is 15.0. The largest absolute Gasteiger partial charge is 0.310 e. The molecular weight excluding hydrogens is 346 g/mol. The van der Waals surface area contributed by atoms with Crippen LogP contribution < -0.4 is 5.32 Å². The lowest BCUT2D eigenvalue weighted by Gasteiger charge is -2.15. The lowest BCUT2D eigenvalue weighted by molar-refractivity contribution is 0.570. The third kappa shape index (κ3) is 4.80. The second kappa shape index (κ2) is 7.92. The first-order valence-corrected chi connectivity index (χ1v) is 8.71. The van der Waals surface area contributed by atoms with Crippen LogP contribution in [0.5, 0.6) is 0 Å². The van der Waals surface area contributed by atoms with Crippen molar-refractivity contribution in [2.24, 2.45) is 0 Å². The summed E-state index contributed by atoms with van der Waals surface area (Å²) in [6, 6.07) is 8.72. The number of nitrogens with zero attached hydrogens (tertiary/aromatic N) is 2. The van der Waals surface area contributed by atoms with E-state index in [2.05, 4.69) is 63.3 Å². The average molecular weight is 366 g/mol. The molecule has 112 valence electrons. The Kier molecular flexibility index (Phi) is 6.21. The number of aromatic nitrogens is 2. The summed E-state index contributed by atoms with van der Waals surface area (Å²) in [6.45, 7) is 7.38. The Morgan fingerprint density at radius 2 is 2.14 bits per heavy atom. The summed E-state index contributed by atoms with van der Waals surface area (Å²) in [5, 5.41) is 4.28. The molecule has 0 spiro atoms. The summed E-state index contributed by atoms with van der Waals surface area (Å²) in [5.74, 6) is 0. The van der Waals surface area contributed by atoms with Crippen molar-refractivity contribution in [2.75, 3.05) is 6.54 Å². The summed E-state index contributed by atoms with van der Waals surface area (Å²) in [5.41, 5.74) is 2.27. The number of benzene rings is 1. The van der Waals surface area contributed by atoms with Crippen LogP contribution in [0.1, 0.15) is 37.6 Å². The first kappa shape index (κ1) is 16.5. The van der Waals surface area contributed by atoms with Crippen molar-refractivity contribution in [1.29, 1.82) is 0 Å². The van der Waals surface area contributed by atoms with Crippen LogP contribution in [-0.2, 0) is 0 Å². The van der Waals surface area contributed by atoms with Crippen LogP contribution in [0, 0.1) is 6.92 Å². The predicted molar refractivity (Wildman–Crippen MR) is 91.7 cm³/mol. The van der Waals surface area contributed by atoms with Gasteiger partial charge in [-0.3, -0.25) is 0 Å². The van der Waals surface area contributed by atoms with E-state index in [-0.39, 0.29) is 0 Å². The van der Waals surface area contributed by atoms with E-state index < -0.39 is 0 Å². The quantitative estimate of drug-likeness (QED) is 0.748. The molecule has 1 aromatic heterocycles. The molecule has 0 saturated carbocycles. The SMILES string of the molecule is CCCNC(C)c1ccc(Sc2nccc(C)n2)c(Br)c1. The highest BCUT2D eigenvalue weighted by atomic mass is 79.9. The Labute approximate surface area is 139 Å². The Morgan fingerprint density at radius 3 is 2.81 bits per heavy atom. The minimum absolute atomic E-state index is 0.357. The van der Waals surface area contributed by atoms with E-state index in [0.717, 1.165) is 33.2 Å². The molecule has 0 radical (unpaired) electrons. The van der Waals surface area contributed by atoms with Crippen molar-refractivity contribution >= 4 is 27.7 Å². The Hall–Kier alpha value is -0.910. The molecule has 0 saturated heterocycles. The van der Waals surface area contributed by atoms with Gasteiger partial charge < -0.3 is 5.32 Å². The number of nitrogens with one attached hydrogen (secondary N) is 1. The van der Waals surface area contributed by atoms with E-state index in [4.69, 9.17) is 0 Å².